The molecule has 3 rings (SSSR count). The van der Waals surface area contributed by atoms with E-state index in [1.54, 1.807) is 32.0 Å². The summed E-state index contributed by atoms with van der Waals surface area (Å²) >= 11 is 12.3. The van der Waals surface area contributed by atoms with Crippen LogP contribution in [0, 0.1) is 13.8 Å². The number of rotatable bonds is 6. The second kappa shape index (κ2) is 9.23. The third-order valence-corrected chi connectivity index (χ3v) is 4.65. The van der Waals surface area contributed by atoms with Crippen molar-refractivity contribution in [3.05, 3.63) is 63.3 Å². The lowest BCUT2D eigenvalue weighted by molar-refractivity contribution is -0.116. The summed E-state index contributed by atoms with van der Waals surface area (Å²) in [4.78, 5) is 45.2. The summed E-state index contributed by atoms with van der Waals surface area (Å²) in [7, 11) is 0. The number of pyridine rings is 1. The molecule has 9 nitrogen and oxygen atoms in total. The Morgan fingerprint density at radius 2 is 1.87 bits per heavy atom. The van der Waals surface area contributed by atoms with Gasteiger partial charge in [-0.1, -0.05) is 23.2 Å². The van der Waals surface area contributed by atoms with Crippen LogP contribution in [0.2, 0.25) is 10.0 Å². The molecule has 2 N–H and O–H groups in total. The van der Waals surface area contributed by atoms with Crippen molar-refractivity contribution in [2.24, 2.45) is 0 Å². The minimum Gasteiger partial charge on any atom is -0.345 e. The number of aryl methyl sites for hydroxylation is 2. The van der Waals surface area contributed by atoms with Crippen LogP contribution in [0.3, 0.4) is 0 Å². The van der Waals surface area contributed by atoms with Crippen LogP contribution >= 0.6 is 23.2 Å². The van der Waals surface area contributed by atoms with E-state index in [9.17, 15) is 14.4 Å². The highest BCUT2D eigenvalue weighted by molar-refractivity contribution is 6.32. The standard InChI is InChI=1S/C20H18Cl2N6O3/c1-10-7-13(21)8-14(19(30)24-9-11(2)29)16(10)26-20(31)18-25-12(3)27-28(18)17-15(22)5-4-6-23-17/h4-8H,9H2,1-3H3,(H,24,30)(H,26,31). The van der Waals surface area contributed by atoms with E-state index in [1.165, 1.54) is 23.9 Å². The third kappa shape index (κ3) is 5.07. The molecule has 0 aliphatic carbocycles. The molecule has 3 aromatic rings. The highest BCUT2D eigenvalue weighted by atomic mass is 35.5. The number of anilines is 1. The summed E-state index contributed by atoms with van der Waals surface area (Å²) < 4.78 is 1.23. The maximum absolute atomic E-state index is 13.1. The molecule has 0 fully saturated rings. The highest BCUT2D eigenvalue weighted by Gasteiger charge is 2.23. The minimum atomic E-state index is -0.631. The number of nitrogens with one attached hydrogen (secondary N) is 2. The predicted molar refractivity (Wildman–Crippen MR) is 116 cm³/mol. The Balaban J connectivity index is 1.99. The van der Waals surface area contributed by atoms with Crippen molar-refractivity contribution in [2.75, 3.05) is 11.9 Å². The molecule has 0 bridgehead atoms. The van der Waals surface area contributed by atoms with Gasteiger partial charge in [0.25, 0.3) is 11.8 Å². The first-order valence-corrected chi connectivity index (χ1v) is 9.86. The average Bonchev–Trinajstić information content (AvgIpc) is 3.09. The first kappa shape index (κ1) is 22.4. The van der Waals surface area contributed by atoms with Crippen molar-refractivity contribution in [3.63, 3.8) is 0 Å². The van der Waals surface area contributed by atoms with Crippen LogP contribution in [0.5, 0.6) is 0 Å². The van der Waals surface area contributed by atoms with Crippen LogP contribution in [-0.4, -0.2) is 43.9 Å². The van der Waals surface area contributed by atoms with E-state index in [1.807, 2.05) is 0 Å². The maximum atomic E-state index is 13.1. The van der Waals surface area contributed by atoms with Gasteiger partial charge in [-0.2, -0.15) is 4.68 Å². The third-order valence-electron chi connectivity index (χ3n) is 4.14. The molecule has 0 spiro atoms. The van der Waals surface area contributed by atoms with Crippen LogP contribution in [0.15, 0.2) is 30.5 Å². The van der Waals surface area contributed by atoms with Gasteiger partial charge in [0.15, 0.2) is 5.82 Å². The molecule has 31 heavy (non-hydrogen) atoms. The lowest BCUT2D eigenvalue weighted by Crippen LogP contribution is -2.30. The maximum Gasteiger partial charge on any atom is 0.293 e. The van der Waals surface area contributed by atoms with Crippen LogP contribution in [-0.2, 0) is 4.79 Å². The van der Waals surface area contributed by atoms with E-state index < -0.39 is 11.8 Å². The summed E-state index contributed by atoms with van der Waals surface area (Å²) in [5.41, 5.74) is 0.889. The van der Waals surface area contributed by atoms with Crippen LogP contribution in [0.4, 0.5) is 5.69 Å². The molecule has 2 amide bonds. The molecule has 2 aromatic heterocycles. The Morgan fingerprint density at radius 1 is 1.13 bits per heavy atom. The van der Waals surface area contributed by atoms with Gasteiger partial charge >= 0.3 is 0 Å². The summed E-state index contributed by atoms with van der Waals surface area (Å²) in [6.45, 7) is 4.51. The number of carbonyl (C=O) groups is 3. The van der Waals surface area contributed by atoms with Gasteiger partial charge < -0.3 is 10.6 Å². The molecular weight excluding hydrogens is 443 g/mol. The molecule has 0 radical (unpaired) electrons. The average molecular weight is 461 g/mol. The fourth-order valence-electron chi connectivity index (χ4n) is 2.80. The largest absolute Gasteiger partial charge is 0.345 e. The zero-order chi connectivity index (χ0) is 22.7. The SMILES string of the molecule is CC(=O)CNC(=O)c1cc(Cl)cc(C)c1NC(=O)c1nc(C)nn1-c1ncccc1Cl. The van der Waals surface area contributed by atoms with Gasteiger partial charge in [-0.3, -0.25) is 14.4 Å². The fraction of sp³-hybridized carbons (Fsp3) is 0.200. The van der Waals surface area contributed by atoms with Gasteiger partial charge in [-0.15, -0.1) is 5.10 Å². The monoisotopic (exact) mass is 460 g/mol. The molecule has 0 saturated carbocycles. The Hall–Kier alpha value is -3.30. The Morgan fingerprint density at radius 3 is 2.55 bits per heavy atom. The number of ketones is 1. The summed E-state index contributed by atoms with van der Waals surface area (Å²) in [6.07, 6.45) is 1.51. The lowest BCUT2D eigenvalue weighted by atomic mass is 10.1. The number of aromatic nitrogens is 4. The Bertz CT molecular complexity index is 1190. The molecule has 0 aliphatic rings. The number of halogens is 2. The van der Waals surface area contributed by atoms with Crippen molar-refractivity contribution in [2.45, 2.75) is 20.8 Å². The minimum absolute atomic E-state index is 0.0671. The topological polar surface area (TPSA) is 119 Å². The number of nitrogens with zero attached hydrogens (tertiary/aromatic N) is 4. The van der Waals surface area contributed by atoms with Crippen LogP contribution in [0.25, 0.3) is 5.82 Å². The first-order chi connectivity index (χ1) is 14.7. The van der Waals surface area contributed by atoms with Crippen molar-refractivity contribution in [1.82, 2.24) is 25.1 Å². The molecule has 160 valence electrons. The van der Waals surface area contributed by atoms with Crippen LogP contribution in [0.1, 0.15) is 39.3 Å². The van der Waals surface area contributed by atoms with E-state index in [2.05, 4.69) is 25.7 Å². The molecular formula is C20H18Cl2N6O3. The smallest absolute Gasteiger partial charge is 0.293 e. The molecule has 0 unspecified atom stereocenters. The van der Waals surface area contributed by atoms with Gasteiger partial charge in [0.1, 0.15) is 11.6 Å². The van der Waals surface area contributed by atoms with E-state index in [0.717, 1.165) is 0 Å². The van der Waals surface area contributed by atoms with E-state index in [4.69, 9.17) is 23.2 Å². The first-order valence-electron chi connectivity index (χ1n) is 9.11. The van der Waals surface area contributed by atoms with E-state index in [-0.39, 0.29) is 40.2 Å². The van der Waals surface area contributed by atoms with Gasteiger partial charge in [0, 0.05) is 11.2 Å². The zero-order valence-corrected chi connectivity index (χ0v) is 18.4. The highest BCUT2D eigenvalue weighted by Crippen LogP contribution is 2.27. The molecule has 11 heteroatoms. The van der Waals surface area contributed by atoms with Gasteiger partial charge in [0.05, 0.1) is 22.8 Å². The number of benzene rings is 1. The quantitative estimate of drug-likeness (QED) is 0.582. The van der Waals surface area contributed by atoms with Crippen molar-refractivity contribution < 1.29 is 14.4 Å². The normalized spacial score (nSPS) is 10.6. The number of hydrogen-bond acceptors (Lipinski definition) is 6. The van der Waals surface area contributed by atoms with Crippen molar-refractivity contribution in [3.8, 4) is 5.82 Å². The fourth-order valence-corrected chi connectivity index (χ4v) is 3.27. The van der Waals surface area contributed by atoms with E-state index in [0.29, 0.717) is 16.4 Å². The number of hydrogen-bond donors (Lipinski definition) is 2. The summed E-state index contributed by atoms with van der Waals surface area (Å²) in [5, 5.41) is 9.99. The molecule has 1 aromatic carbocycles. The molecule has 0 atom stereocenters. The molecule has 0 saturated heterocycles. The van der Waals surface area contributed by atoms with Crippen molar-refractivity contribution in [1.29, 1.82) is 0 Å². The second-order valence-electron chi connectivity index (χ2n) is 6.69. The zero-order valence-electron chi connectivity index (χ0n) is 16.9. The van der Waals surface area contributed by atoms with Crippen molar-refractivity contribution >= 4 is 46.5 Å². The summed E-state index contributed by atoms with van der Waals surface area (Å²) in [5.74, 6) is -0.896. The number of amides is 2. The molecule has 2 heterocycles. The van der Waals surface area contributed by atoms with E-state index >= 15 is 0 Å². The Labute approximate surface area is 187 Å². The summed E-state index contributed by atoms with van der Waals surface area (Å²) in [6, 6.07) is 6.28. The number of Topliss-reactive ketones (excluding diaryl/α,β-unsaturated/α-hetero) is 1. The van der Waals surface area contributed by atoms with Gasteiger partial charge in [-0.05, 0) is 50.6 Å². The van der Waals surface area contributed by atoms with Crippen LogP contribution < -0.4 is 10.6 Å². The number of carbonyl (C=O) groups excluding carboxylic acids is 3. The molecule has 0 aliphatic heterocycles. The second-order valence-corrected chi connectivity index (χ2v) is 7.53. The Kier molecular flexibility index (Phi) is 6.67. The lowest BCUT2D eigenvalue weighted by Gasteiger charge is -2.14. The predicted octanol–water partition coefficient (Wildman–Crippen LogP) is 3.16. The van der Waals surface area contributed by atoms with Gasteiger partial charge in [0.2, 0.25) is 5.82 Å². The van der Waals surface area contributed by atoms with Gasteiger partial charge in [-0.25, -0.2) is 9.97 Å².